The summed E-state index contributed by atoms with van der Waals surface area (Å²) in [5.41, 5.74) is 0. The lowest BCUT2D eigenvalue weighted by Gasteiger charge is -2.20. The van der Waals surface area contributed by atoms with Gasteiger partial charge in [0.05, 0.1) is 13.2 Å². The maximum atomic E-state index is 11.8. The molecule has 1 unspecified atom stereocenters. The molecule has 0 heterocycles. The van der Waals surface area contributed by atoms with Crippen molar-refractivity contribution in [3.05, 3.63) is 24.8 Å². The Hall–Kier alpha value is -1.95. The van der Waals surface area contributed by atoms with Gasteiger partial charge < -0.3 is 19.2 Å². The Morgan fingerprint density at radius 3 is 1.52 bits per heavy atom. The van der Waals surface area contributed by atoms with Crippen LogP contribution in [0.5, 0.6) is 0 Å². The van der Waals surface area contributed by atoms with Crippen LogP contribution in [0.3, 0.4) is 0 Å². The monoisotopic (exact) mass is 710 g/mol. The van der Waals surface area contributed by atoms with Gasteiger partial charge in [0.25, 0.3) is 0 Å². The van der Waals surface area contributed by atoms with Gasteiger partial charge in [-0.3, -0.25) is 9.59 Å². The van der Waals surface area contributed by atoms with Crippen LogP contribution in [0.25, 0.3) is 0 Å². The first-order chi connectivity index (χ1) is 24.3. The van der Waals surface area contributed by atoms with Crippen LogP contribution in [0.2, 0.25) is 0 Å². The van der Waals surface area contributed by atoms with E-state index >= 15 is 0 Å². The summed E-state index contributed by atoms with van der Waals surface area (Å²) in [4.78, 5) is 35.6. The highest BCUT2D eigenvalue weighted by Gasteiger charge is 2.11. The van der Waals surface area contributed by atoms with Crippen molar-refractivity contribution >= 4 is 18.2 Å². The third-order valence-corrected chi connectivity index (χ3v) is 7.96. The lowest BCUT2D eigenvalue weighted by molar-refractivity contribution is -0.145. The molecule has 0 aromatic rings. The molecule has 0 bridgehead atoms. The predicted molar refractivity (Wildman–Crippen MR) is 219 cm³/mol. The number of amides is 1. The second-order valence-corrected chi connectivity index (χ2v) is 13.4. The molecule has 0 spiro atoms. The molecular formula is C44H87NO5. The van der Waals surface area contributed by atoms with E-state index in [9.17, 15) is 14.4 Å². The number of hydrogen-bond donors (Lipinski definition) is 0. The van der Waals surface area contributed by atoms with E-state index in [1.807, 2.05) is 0 Å². The molecule has 0 saturated carbocycles. The molecular weight excluding hydrogens is 622 g/mol. The molecule has 50 heavy (non-hydrogen) atoms. The van der Waals surface area contributed by atoms with Crippen LogP contribution in [0.4, 0.5) is 0 Å². The molecule has 0 fully saturated rings. The zero-order valence-electron chi connectivity index (χ0n) is 34.9. The number of allylic oxidation sites excluding steroid dienone is 2. The van der Waals surface area contributed by atoms with Gasteiger partial charge >= 0.3 is 5.97 Å². The number of aldehydes is 1. The fourth-order valence-electron chi connectivity index (χ4n) is 4.90. The summed E-state index contributed by atoms with van der Waals surface area (Å²) in [5, 5.41) is 0. The summed E-state index contributed by atoms with van der Waals surface area (Å²) in [6.07, 6.45) is 36.2. The summed E-state index contributed by atoms with van der Waals surface area (Å²) in [5.74, 6) is -0.0353. The van der Waals surface area contributed by atoms with E-state index in [-0.39, 0.29) is 18.5 Å². The van der Waals surface area contributed by atoms with E-state index in [0.717, 1.165) is 38.4 Å². The van der Waals surface area contributed by atoms with Gasteiger partial charge in [-0.05, 0) is 51.0 Å². The van der Waals surface area contributed by atoms with Crippen molar-refractivity contribution in [3.8, 4) is 0 Å². The Kier molecular flexibility index (Phi) is 56.4. The summed E-state index contributed by atoms with van der Waals surface area (Å²) in [6, 6.07) is 0. The van der Waals surface area contributed by atoms with Gasteiger partial charge in [-0.1, -0.05) is 170 Å². The van der Waals surface area contributed by atoms with Gasteiger partial charge in [-0.25, -0.2) is 0 Å². The molecule has 6 nitrogen and oxygen atoms in total. The highest BCUT2D eigenvalue weighted by molar-refractivity contribution is 5.87. The number of methoxy groups -OCH3 is 1. The van der Waals surface area contributed by atoms with Gasteiger partial charge in [-0.2, -0.15) is 0 Å². The SMILES string of the molecule is C=CC(=O)N(CCOC)CCOC(=O)CCCCCCC/C=C\CCCCCCCC.CCC.CCC.CCCCCCCCC(C=O)CC. The number of carbonyl (C=O) groups excluding carboxylic acids is 3. The number of carbonyl (C=O) groups is 3. The van der Waals surface area contributed by atoms with Crippen molar-refractivity contribution < 1.29 is 23.9 Å². The standard InChI is InChI=1S/C26H47NO4.C12H24O.2C3H8/c1-4-6-7-8-9-10-11-12-13-14-15-16-17-18-19-20-26(29)31-24-22-27(21-23-30-3)25(28)5-2;1-3-5-6-7-8-9-10-12(4-2)11-13;2*1-3-2/h5,12-13H,2,4,6-11,14-24H2,1,3H3;11-12H,3-10H2,1-2H3;2*3H2,1-2H3/b13-12-;;;. The number of unbranched alkanes of at least 4 members (excludes halogenated alkanes) is 16. The zero-order valence-corrected chi connectivity index (χ0v) is 34.9. The van der Waals surface area contributed by atoms with Crippen LogP contribution >= 0.6 is 0 Å². The van der Waals surface area contributed by atoms with Crippen LogP contribution in [-0.4, -0.2) is 56.5 Å². The summed E-state index contributed by atoms with van der Waals surface area (Å²) in [7, 11) is 1.59. The lowest BCUT2D eigenvalue weighted by Crippen LogP contribution is -2.35. The number of esters is 1. The van der Waals surface area contributed by atoms with Crippen molar-refractivity contribution in [1.29, 1.82) is 0 Å². The molecule has 0 aliphatic heterocycles. The Bertz CT molecular complexity index is 707. The first-order valence-corrected chi connectivity index (χ1v) is 21.0. The van der Waals surface area contributed by atoms with Crippen molar-refractivity contribution in [2.24, 2.45) is 5.92 Å². The minimum atomic E-state index is -0.185. The van der Waals surface area contributed by atoms with E-state index in [4.69, 9.17) is 9.47 Å². The lowest BCUT2D eigenvalue weighted by atomic mass is 9.99. The number of hydrogen-bond acceptors (Lipinski definition) is 5. The molecule has 0 aliphatic rings. The van der Waals surface area contributed by atoms with E-state index < -0.39 is 0 Å². The first kappa shape index (κ1) is 54.8. The minimum absolute atomic E-state index is 0.176. The zero-order chi connectivity index (χ0) is 38.4. The molecule has 298 valence electrons. The minimum Gasteiger partial charge on any atom is -0.464 e. The summed E-state index contributed by atoms with van der Waals surface area (Å²) >= 11 is 0. The highest BCUT2D eigenvalue weighted by Crippen LogP contribution is 2.13. The first-order valence-electron chi connectivity index (χ1n) is 21.0. The third kappa shape index (κ3) is 50.4. The van der Waals surface area contributed by atoms with Gasteiger partial charge in [-0.15, -0.1) is 0 Å². The normalized spacial score (nSPS) is 10.9. The van der Waals surface area contributed by atoms with Crippen LogP contribution in [-0.2, 0) is 23.9 Å². The average molecular weight is 710 g/mol. The molecule has 0 N–H and O–H groups in total. The van der Waals surface area contributed by atoms with Crippen molar-refractivity contribution in [2.75, 3.05) is 33.4 Å². The Labute approximate surface area is 313 Å². The topological polar surface area (TPSA) is 72.9 Å². The van der Waals surface area contributed by atoms with Gasteiger partial charge in [0.2, 0.25) is 5.91 Å². The van der Waals surface area contributed by atoms with E-state index in [1.165, 1.54) is 122 Å². The fraction of sp³-hybridized carbons (Fsp3) is 0.841. The van der Waals surface area contributed by atoms with Crippen LogP contribution in [0.15, 0.2) is 24.8 Å². The third-order valence-electron chi connectivity index (χ3n) is 7.96. The van der Waals surface area contributed by atoms with Crippen LogP contribution in [0, 0.1) is 5.92 Å². The quantitative estimate of drug-likeness (QED) is 0.0235. The van der Waals surface area contributed by atoms with Gasteiger partial charge in [0.15, 0.2) is 0 Å². The predicted octanol–water partition coefficient (Wildman–Crippen LogP) is 13.0. The Morgan fingerprint density at radius 2 is 1.08 bits per heavy atom. The molecule has 0 rings (SSSR count). The second kappa shape index (κ2) is 51.4. The fourth-order valence-corrected chi connectivity index (χ4v) is 4.90. The van der Waals surface area contributed by atoms with E-state index in [2.05, 4.69) is 67.2 Å². The van der Waals surface area contributed by atoms with Crippen molar-refractivity contribution in [2.45, 2.75) is 203 Å². The summed E-state index contributed by atoms with van der Waals surface area (Å²) in [6.45, 7) is 20.1. The molecule has 0 aromatic heterocycles. The van der Waals surface area contributed by atoms with Gasteiger partial charge in [0, 0.05) is 26.0 Å². The molecule has 1 atom stereocenters. The largest absolute Gasteiger partial charge is 0.464 e. The maximum absolute atomic E-state index is 11.8. The smallest absolute Gasteiger partial charge is 0.305 e. The molecule has 1 amide bonds. The van der Waals surface area contributed by atoms with Crippen LogP contribution in [0.1, 0.15) is 203 Å². The molecule has 6 heteroatoms. The molecule has 0 aromatic carbocycles. The molecule has 0 saturated heterocycles. The highest BCUT2D eigenvalue weighted by atomic mass is 16.5. The number of rotatable bonds is 31. The van der Waals surface area contributed by atoms with E-state index in [0.29, 0.717) is 32.0 Å². The number of ether oxygens (including phenoxy) is 2. The second-order valence-electron chi connectivity index (χ2n) is 13.4. The number of nitrogens with zero attached hydrogens (tertiary/aromatic N) is 1. The van der Waals surface area contributed by atoms with Gasteiger partial charge in [0.1, 0.15) is 12.9 Å². The Morgan fingerprint density at radius 1 is 0.640 bits per heavy atom. The average Bonchev–Trinajstić information content (AvgIpc) is 3.11. The summed E-state index contributed by atoms with van der Waals surface area (Å²) < 4.78 is 10.2. The van der Waals surface area contributed by atoms with Crippen molar-refractivity contribution in [3.63, 3.8) is 0 Å². The van der Waals surface area contributed by atoms with Crippen LogP contribution < -0.4 is 0 Å². The maximum Gasteiger partial charge on any atom is 0.305 e. The van der Waals surface area contributed by atoms with Crippen molar-refractivity contribution in [1.82, 2.24) is 4.90 Å². The Balaban J connectivity index is -0.000000457. The molecule has 0 radical (unpaired) electrons. The van der Waals surface area contributed by atoms with E-state index in [1.54, 1.807) is 12.0 Å². The molecule has 0 aliphatic carbocycles.